The second-order valence-corrected chi connectivity index (χ2v) is 4.81. The minimum absolute atomic E-state index is 0.455. The molecule has 0 aliphatic carbocycles. The highest BCUT2D eigenvalue weighted by Gasteiger charge is 2.02. The Morgan fingerprint density at radius 2 is 1.78 bits per heavy atom. The summed E-state index contributed by atoms with van der Waals surface area (Å²) >= 11 is 1.43. The third-order valence-electron chi connectivity index (χ3n) is 2.32. The van der Waals surface area contributed by atoms with Gasteiger partial charge in [0.1, 0.15) is 17.9 Å². The fraction of sp³-hybridized carbons (Fsp3) is 0.0714. The Labute approximate surface area is 108 Å². The summed E-state index contributed by atoms with van der Waals surface area (Å²) in [6, 6.07) is 10.5. The SMILES string of the molecule is O=Cc1cccc(SCc2cc(F)cc(F)c2)c1. The maximum atomic E-state index is 13.0. The van der Waals surface area contributed by atoms with Gasteiger partial charge in [-0.3, -0.25) is 4.79 Å². The van der Waals surface area contributed by atoms with E-state index in [9.17, 15) is 13.6 Å². The Balaban J connectivity index is 2.08. The zero-order chi connectivity index (χ0) is 13.0. The summed E-state index contributed by atoms with van der Waals surface area (Å²) in [5.74, 6) is -0.698. The van der Waals surface area contributed by atoms with E-state index in [-0.39, 0.29) is 0 Å². The highest BCUT2D eigenvalue weighted by Crippen LogP contribution is 2.24. The molecule has 0 atom stereocenters. The summed E-state index contributed by atoms with van der Waals surface area (Å²) in [6.45, 7) is 0. The molecule has 0 aromatic heterocycles. The minimum Gasteiger partial charge on any atom is -0.298 e. The molecule has 0 radical (unpaired) electrons. The third kappa shape index (κ3) is 3.40. The highest BCUT2D eigenvalue weighted by atomic mass is 32.2. The van der Waals surface area contributed by atoms with E-state index in [1.807, 2.05) is 6.07 Å². The summed E-state index contributed by atoms with van der Waals surface area (Å²) in [5, 5.41) is 0. The van der Waals surface area contributed by atoms with Crippen molar-refractivity contribution in [2.75, 3.05) is 0 Å². The van der Waals surface area contributed by atoms with Crippen molar-refractivity contribution in [1.82, 2.24) is 0 Å². The molecule has 2 rings (SSSR count). The van der Waals surface area contributed by atoms with Crippen LogP contribution < -0.4 is 0 Å². The zero-order valence-electron chi connectivity index (χ0n) is 9.40. The smallest absolute Gasteiger partial charge is 0.150 e. The molecule has 2 aromatic rings. The Kier molecular flexibility index (Phi) is 4.10. The van der Waals surface area contributed by atoms with Gasteiger partial charge in [-0.25, -0.2) is 8.78 Å². The number of rotatable bonds is 4. The van der Waals surface area contributed by atoms with Gasteiger partial charge >= 0.3 is 0 Å². The first kappa shape index (κ1) is 12.8. The lowest BCUT2D eigenvalue weighted by molar-refractivity contribution is 0.112. The first-order chi connectivity index (χ1) is 8.67. The number of halogens is 2. The molecule has 0 aliphatic rings. The van der Waals surface area contributed by atoms with Crippen molar-refractivity contribution in [2.45, 2.75) is 10.6 Å². The molecular weight excluding hydrogens is 254 g/mol. The molecule has 2 aromatic carbocycles. The predicted octanol–water partition coefficient (Wildman–Crippen LogP) is 4.07. The van der Waals surface area contributed by atoms with Crippen LogP contribution in [0.2, 0.25) is 0 Å². The third-order valence-corrected chi connectivity index (χ3v) is 3.39. The summed E-state index contributed by atoms with van der Waals surface area (Å²) in [7, 11) is 0. The van der Waals surface area contributed by atoms with Crippen molar-refractivity contribution in [2.24, 2.45) is 0 Å². The van der Waals surface area contributed by atoms with Crippen molar-refractivity contribution in [3.8, 4) is 0 Å². The molecule has 92 valence electrons. The van der Waals surface area contributed by atoms with E-state index in [0.717, 1.165) is 17.2 Å². The standard InChI is InChI=1S/C14H10F2OS/c15-12-4-11(5-13(16)7-12)9-18-14-3-1-2-10(6-14)8-17/h1-8H,9H2. The van der Waals surface area contributed by atoms with Crippen molar-refractivity contribution < 1.29 is 13.6 Å². The van der Waals surface area contributed by atoms with Gasteiger partial charge in [0.25, 0.3) is 0 Å². The molecule has 18 heavy (non-hydrogen) atoms. The molecule has 0 bridgehead atoms. The molecule has 0 N–H and O–H groups in total. The van der Waals surface area contributed by atoms with Crippen LogP contribution >= 0.6 is 11.8 Å². The van der Waals surface area contributed by atoms with Crippen LogP contribution in [0.5, 0.6) is 0 Å². The second-order valence-electron chi connectivity index (χ2n) is 3.76. The highest BCUT2D eigenvalue weighted by molar-refractivity contribution is 7.98. The van der Waals surface area contributed by atoms with Gasteiger partial charge in [-0.2, -0.15) is 0 Å². The van der Waals surface area contributed by atoms with Crippen molar-refractivity contribution in [3.05, 3.63) is 65.2 Å². The Bertz CT molecular complexity index is 549. The van der Waals surface area contributed by atoms with Crippen LogP contribution in [0.15, 0.2) is 47.4 Å². The van der Waals surface area contributed by atoms with E-state index in [4.69, 9.17) is 0 Å². The molecule has 0 amide bonds. The summed E-state index contributed by atoms with van der Waals surface area (Å²) in [5.41, 5.74) is 1.17. The number of thioether (sulfide) groups is 1. The van der Waals surface area contributed by atoms with Gasteiger partial charge in [0.15, 0.2) is 0 Å². The van der Waals surface area contributed by atoms with Crippen LogP contribution in [0.25, 0.3) is 0 Å². The fourth-order valence-corrected chi connectivity index (χ4v) is 2.43. The van der Waals surface area contributed by atoms with Gasteiger partial charge in [-0.1, -0.05) is 12.1 Å². The summed E-state index contributed by atoms with van der Waals surface area (Å²) < 4.78 is 26.0. The topological polar surface area (TPSA) is 17.1 Å². The maximum Gasteiger partial charge on any atom is 0.150 e. The number of hydrogen-bond acceptors (Lipinski definition) is 2. The molecule has 0 saturated carbocycles. The van der Waals surface area contributed by atoms with Crippen LogP contribution in [-0.2, 0) is 5.75 Å². The summed E-state index contributed by atoms with van der Waals surface area (Å²) in [6.07, 6.45) is 0.770. The van der Waals surface area contributed by atoms with Crippen LogP contribution in [0.4, 0.5) is 8.78 Å². The monoisotopic (exact) mass is 264 g/mol. The van der Waals surface area contributed by atoms with Crippen LogP contribution in [-0.4, -0.2) is 6.29 Å². The van der Waals surface area contributed by atoms with Crippen LogP contribution in [0, 0.1) is 11.6 Å². The second kappa shape index (κ2) is 5.78. The molecule has 1 nitrogen and oxygen atoms in total. The van der Waals surface area contributed by atoms with Gasteiger partial charge in [0.05, 0.1) is 0 Å². The largest absolute Gasteiger partial charge is 0.298 e. The fourth-order valence-electron chi connectivity index (χ4n) is 1.54. The molecule has 0 heterocycles. The molecule has 4 heteroatoms. The number of carbonyl (C=O) groups excluding carboxylic acids is 1. The van der Waals surface area contributed by atoms with Crippen molar-refractivity contribution >= 4 is 18.0 Å². The number of benzene rings is 2. The van der Waals surface area contributed by atoms with Gasteiger partial charge in [0, 0.05) is 22.3 Å². The molecule has 0 fully saturated rings. The summed E-state index contributed by atoms with van der Waals surface area (Å²) in [4.78, 5) is 11.5. The van der Waals surface area contributed by atoms with Crippen LogP contribution in [0.3, 0.4) is 0 Å². The van der Waals surface area contributed by atoms with E-state index in [2.05, 4.69) is 0 Å². The predicted molar refractivity (Wildman–Crippen MR) is 67.7 cm³/mol. The normalized spacial score (nSPS) is 10.3. The van der Waals surface area contributed by atoms with E-state index in [1.165, 1.54) is 23.9 Å². The molecule has 0 aliphatic heterocycles. The lowest BCUT2D eigenvalue weighted by Gasteiger charge is -2.03. The van der Waals surface area contributed by atoms with E-state index in [0.29, 0.717) is 16.9 Å². The van der Waals surface area contributed by atoms with Gasteiger partial charge in [0.2, 0.25) is 0 Å². The Hall–Kier alpha value is -1.68. The average Bonchev–Trinajstić information content (AvgIpc) is 2.35. The maximum absolute atomic E-state index is 13.0. The van der Waals surface area contributed by atoms with Gasteiger partial charge in [-0.05, 0) is 29.8 Å². The van der Waals surface area contributed by atoms with E-state index in [1.54, 1.807) is 18.2 Å². The number of aldehydes is 1. The Morgan fingerprint density at radius 3 is 2.44 bits per heavy atom. The van der Waals surface area contributed by atoms with Gasteiger partial charge < -0.3 is 0 Å². The average molecular weight is 264 g/mol. The molecular formula is C14H10F2OS. The first-order valence-corrected chi connectivity index (χ1v) is 6.29. The first-order valence-electron chi connectivity index (χ1n) is 5.30. The van der Waals surface area contributed by atoms with Crippen molar-refractivity contribution in [1.29, 1.82) is 0 Å². The molecule has 0 saturated heterocycles. The minimum atomic E-state index is -0.577. The van der Waals surface area contributed by atoms with E-state index < -0.39 is 11.6 Å². The number of hydrogen-bond donors (Lipinski definition) is 0. The number of carbonyl (C=O) groups is 1. The molecule has 0 unspecified atom stereocenters. The Morgan fingerprint density at radius 1 is 1.06 bits per heavy atom. The van der Waals surface area contributed by atoms with Gasteiger partial charge in [-0.15, -0.1) is 11.8 Å². The lowest BCUT2D eigenvalue weighted by Crippen LogP contribution is -1.87. The van der Waals surface area contributed by atoms with Crippen LogP contribution in [0.1, 0.15) is 15.9 Å². The quantitative estimate of drug-likeness (QED) is 0.611. The zero-order valence-corrected chi connectivity index (χ0v) is 10.2. The van der Waals surface area contributed by atoms with E-state index >= 15 is 0 Å². The van der Waals surface area contributed by atoms with Crippen molar-refractivity contribution in [3.63, 3.8) is 0 Å². The lowest BCUT2D eigenvalue weighted by atomic mass is 10.2. The molecule has 0 spiro atoms.